The van der Waals surface area contributed by atoms with Crippen LogP contribution in [-0.4, -0.2) is 11.7 Å². The molecule has 2 aromatic carbocycles. The highest BCUT2D eigenvalue weighted by molar-refractivity contribution is 5.44. The van der Waals surface area contributed by atoms with E-state index in [1.807, 2.05) is 62.4 Å². The zero-order valence-corrected chi connectivity index (χ0v) is 12.4. The fraction of sp³-hybridized carbons (Fsp3) is 0.333. The van der Waals surface area contributed by atoms with E-state index in [9.17, 15) is 5.11 Å². The van der Waals surface area contributed by atoms with E-state index in [1.54, 1.807) is 0 Å². The molecule has 1 atom stereocenters. The number of para-hydroxylation sites is 1. The van der Waals surface area contributed by atoms with Crippen molar-refractivity contribution in [2.75, 3.05) is 6.61 Å². The van der Waals surface area contributed by atoms with Gasteiger partial charge in [-0.05, 0) is 31.9 Å². The van der Waals surface area contributed by atoms with Gasteiger partial charge in [0.2, 0.25) is 0 Å². The Balaban J connectivity index is 2.40. The average Bonchev–Trinajstić information content (AvgIpc) is 2.46. The number of hydrogen-bond acceptors (Lipinski definition) is 2. The van der Waals surface area contributed by atoms with Gasteiger partial charge in [-0.1, -0.05) is 55.0 Å². The first-order valence-electron chi connectivity index (χ1n) is 7.07. The maximum absolute atomic E-state index is 10.9. The first kappa shape index (κ1) is 14.6. The van der Waals surface area contributed by atoms with Crippen LogP contribution in [0.2, 0.25) is 0 Å². The molecule has 20 heavy (non-hydrogen) atoms. The molecule has 0 saturated heterocycles. The van der Waals surface area contributed by atoms with Crippen molar-refractivity contribution >= 4 is 0 Å². The lowest BCUT2D eigenvalue weighted by atomic mass is 9.87. The summed E-state index contributed by atoms with van der Waals surface area (Å²) in [5, 5.41) is 10.9. The maximum Gasteiger partial charge on any atom is 0.125 e. The van der Waals surface area contributed by atoms with Crippen molar-refractivity contribution < 1.29 is 9.84 Å². The number of rotatable bonds is 5. The van der Waals surface area contributed by atoms with E-state index in [0.29, 0.717) is 6.61 Å². The van der Waals surface area contributed by atoms with Crippen LogP contribution in [0.3, 0.4) is 0 Å². The van der Waals surface area contributed by atoms with Gasteiger partial charge >= 0.3 is 0 Å². The van der Waals surface area contributed by atoms with E-state index >= 15 is 0 Å². The summed E-state index contributed by atoms with van der Waals surface area (Å²) in [4.78, 5) is 0. The molecule has 0 aliphatic heterocycles. The molecular formula is C18H22O2. The summed E-state index contributed by atoms with van der Waals surface area (Å²) in [6.45, 7) is 6.57. The van der Waals surface area contributed by atoms with Gasteiger partial charge in [0, 0.05) is 5.56 Å². The van der Waals surface area contributed by atoms with Crippen molar-refractivity contribution in [3.8, 4) is 5.75 Å². The summed E-state index contributed by atoms with van der Waals surface area (Å²) in [7, 11) is 0. The standard InChI is InChI=1S/C18H22O2/c1-4-13-20-17-8-6-5-7-16(17)18(3,19)15-11-9-14(2)10-12-15/h5-12,19H,4,13H2,1-3H3. The summed E-state index contributed by atoms with van der Waals surface area (Å²) >= 11 is 0. The normalized spacial score (nSPS) is 13.8. The van der Waals surface area contributed by atoms with Gasteiger partial charge < -0.3 is 9.84 Å². The van der Waals surface area contributed by atoms with Crippen LogP contribution in [0.1, 0.15) is 37.0 Å². The Morgan fingerprint density at radius 3 is 2.35 bits per heavy atom. The summed E-state index contributed by atoms with van der Waals surface area (Å²) < 4.78 is 5.76. The fourth-order valence-corrected chi connectivity index (χ4v) is 2.24. The predicted molar refractivity (Wildman–Crippen MR) is 82.1 cm³/mol. The van der Waals surface area contributed by atoms with E-state index in [-0.39, 0.29) is 0 Å². The van der Waals surface area contributed by atoms with Gasteiger partial charge in [0.05, 0.1) is 6.61 Å². The lowest BCUT2D eigenvalue weighted by Crippen LogP contribution is -2.23. The monoisotopic (exact) mass is 270 g/mol. The average molecular weight is 270 g/mol. The Bertz CT molecular complexity index is 556. The summed E-state index contributed by atoms with van der Waals surface area (Å²) in [5.41, 5.74) is 1.80. The topological polar surface area (TPSA) is 29.5 Å². The predicted octanol–water partition coefficient (Wildman–Crippen LogP) is 4.04. The molecule has 0 radical (unpaired) electrons. The molecule has 2 nitrogen and oxygen atoms in total. The molecule has 0 aliphatic rings. The molecule has 1 unspecified atom stereocenters. The van der Waals surface area contributed by atoms with Crippen LogP contribution in [0, 0.1) is 6.92 Å². The van der Waals surface area contributed by atoms with Crippen LogP contribution >= 0.6 is 0 Å². The van der Waals surface area contributed by atoms with Crippen LogP contribution < -0.4 is 4.74 Å². The van der Waals surface area contributed by atoms with Crippen LogP contribution in [-0.2, 0) is 5.60 Å². The van der Waals surface area contributed by atoms with Gasteiger partial charge in [-0.2, -0.15) is 0 Å². The molecule has 0 aromatic heterocycles. The highest BCUT2D eigenvalue weighted by Gasteiger charge is 2.28. The van der Waals surface area contributed by atoms with E-state index in [0.717, 1.165) is 23.3 Å². The number of aryl methyl sites for hydroxylation is 1. The van der Waals surface area contributed by atoms with Crippen LogP contribution in [0.25, 0.3) is 0 Å². The van der Waals surface area contributed by atoms with Gasteiger partial charge in [0.15, 0.2) is 0 Å². The molecule has 2 heteroatoms. The van der Waals surface area contributed by atoms with Crippen molar-refractivity contribution in [2.45, 2.75) is 32.8 Å². The highest BCUT2D eigenvalue weighted by Crippen LogP contribution is 2.35. The minimum atomic E-state index is -1.06. The second-order valence-electron chi connectivity index (χ2n) is 5.28. The third-order valence-corrected chi connectivity index (χ3v) is 3.49. The van der Waals surface area contributed by atoms with Crippen molar-refractivity contribution in [2.24, 2.45) is 0 Å². The Kier molecular flexibility index (Phi) is 4.46. The molecule has 1 N–H and O–H groups in total. The van der Waals surface area contributed by atoms with Gasteiger partial charge in [-0.3, -0.25) is 0 Å². The second kappa shape index (κ2) is 6.10. The molecule has 2 rings (SSSR count). The molecule has 2 aromatic rings. The van der Waals surface area contributed by atoms with Crippen molar-refractivity contribution in [3.05, 3.63) is 65.2 Å². The SMILES string of the molecule is CCCOc1ccccc1C(C)(O)c1ccc(C)cc1. The molecule has 0 fully saturated rings. The van der Waals surface area contributed by atoms with E-state index in [2.05, 4.69) is 6.92 Å². The van der Waals surface area contributed by atoms with Crippen LogP contribution in [0.5, 0.6) is 5.75 Å². The molecule has 106 valence electrons. The highest BCUT2D eigenvalue weighted by atomic mass is 16.5. The second-order valence-corrected chi connectivity index (χ2v) is 5.28. The third kappa shape index (κ3) is 3.02. The minimum Gasteiger partial charge on any atom is -0.493 e. The first-order chi connectivity index (χ1) is 9.55. The lowest BCUT2D eigenvalue weighted by molar-refractivity contribution is 0.0978. The van der Waals surface area contributed by atoms with Crippen LogP contribution in [0.4, 0.5) is 0 Å². The summed E-state index contributed by atoms with van der Waals surface area (Å²) in [5.74, 6) is 0.750. The van der Waals surface area contributed by atoms with Gasteiger partial charge in [0.25, 0.3) is 0 Å². The van der Waals surface area contributed by atoms with E-state index in [4.69, 9.17) is 4.74 Å². The molecule has 0 amide bonds. The molecule has 0 aliphatic carbocycles. The molecular weight excluding hydrogens is 248 g/mol. The molecule has 0 heterocycles. The quantitative estimate of drug-likeness (QED) is 0.888. The van der Waals surface area contributed by atoms with Crippen molar-refractivity contribution in [1.29, 1.82) is 0 Å². The molecule has 0 spiro atoms. The molecule has 0 bridgehead atoms. The van der Waals surface area contributed by atoms with Gasteiger partial charge in [-0.15, -0.1) is 0 Å². The van der Waals surface area contributed by atoms with E-state index in [1.165, 1.54) is 5.56 Å². The Labute approximate surface area is 121 Å². The summed E-state index contributed by atoms with van der Waals surface area (Å²) in [6.07, 6.45) is 0.945. The Morgan fingerprint density at radius 1 is 1.05 bits per heavy atom. The number of aliphatic hydroxyl groups is 1. The molecule has 0 saturated carbocycles. The number of hydrogen-bond donors (Lipinski definition) is 1. The number of ether oxygens (including phenoxy) is 1. The smallest absolute Gasteiger partial charge is 0.125 e. The van der Waals surface area contributed by atoms with Crippen LogP contribution in [0.15, 0.2) is 48.5 Å². The Hall–Kier alpha value is -1.80. The van der Waals surface area contributed by atoms with Gasteiger partial charge in [-0.25, -0.2) is 0 Å². The summed E-state index contributed by atoms with van der Waals surface area (Å²) in [6, 6.07) is 15.6. The first-order valence-corrected chi connectivity index (χ1v) is 7.07. The van der Waals surface area contributed by atoms with Crippen molar-refractivity contribution in [3.63, 3.8) is 0 Å². The minimum absolute atomic E-state index is 0.654. The van der Waals surface area contributed by atoms with E-state index < -0.39 is 5.60 Å². The Morgan fingerprint density at radius 2 is 1.70 bits per heavy atom. The number of benzene rings is 2. The van der Waals surface area contributed by atoms with Crippen molar-refractivity contribution in [1.82, 2.24) is 0 Å². The third-order valence-electron chi connectivity index (χ3n) is 3.49. The zero-order chi connectivity index (χ0) is 14.6. The maximum atomic E-state index is 10.9. The largest absolute Gasteiger partial charge is 0.493 e. The fourth-order valence-electron chi connectivity index (χ4n) is 2.24. The lowest BCUT2D eigenvalue weighted by Gasteiger charge is -2.27. The van der Waals surface area contributed by atoms with Gasteiger partial charge in [0.1, 0.15) is 11.4 Å². The zero-order valence-electron chi connectivity index (χ0n) is 12.4.